The van der Waals surface area contributed by atoms with Gasteiger partial charge in [-0.1, -0.05) is 0 Å². The number of hydrogen-bond acceptors (Lipinski definition) is 3. The van der Waals surface area contributed by atoms with Crippen molar-refractivity contribution in [1.82, 2.24) is 0 Å². The van der Waals surface area contributed by atoms with Crippen LogP contribution in [-0.4, -0.2) is 37.4 Å². The molecule has 1 aliphatic rings. The van der Waals surface area contributed by atoms with Crippen LogP contribution < -0.4 is 4.90 Å². The van der Waals surface area contributed by atoms with Crippen molar-refractivity contribution in [2.75, 3.05) is 25.1 Å². The third kappa shape index (κ3) is 2.84. The summed E-state index contributed by atoms with van der Waals surface area (Å²) in [5.41, 5.74) is 1.33. The number of piperidine rings is 1. The summed E-state index contributed by atoms with van der Waals surface area (Å²) in [7, 11) is 1.73. The molecule has 0 bridgehead atoms. The molecule has 4 nitrogen and oxygen atoms in total. The third-order valence-electron chi connectivity index (χ3n) is 3.25. The minimum absolute atomic E-state index is 0.254. The number of aromatic carboxylic acids is 1. The molecule has 1 fully saturated rings. The molecule has 0 aliphatic carbocycles. The van der Waals surface area contributed by atoms with Crippen molar-refractivity contribution in [2.24, 2.45) is 0 Å². The van der Waals surface area contributed by atoms with Crippen LogP contribution in [0.15, 0.2) is 22.7 Å². The summed E-state index contributed by atoms with van der Waals surface area (Å²) < 4.78 is 6.21. The quantitative estimate of drug-likeness (QED) is 0.932. The van der Waals surface area contributed by atoms with Gasteiger partial charge in [-0.3, -0.25) is 0 Å². The van der Waals surface area contributed by atoms with E-state index in [1.54, 1.807) is 19.2 Å². The van der Waals surface area contributed by atoms with Crippen molar-refractivity contribution >= 4 is 27.6 Å². The molecule has 1 aromatic carbocycles. The molecule has 1 aliphatic heterocycles. The Morgan fingerprint density at radius 1 is 1.56 bits per heavy atom. The highest BCUT2D eigenvalue weighted by Gasteiger charge is 2.21. The van der Waals surface area contributed by atoms with Gasteiger partial charge in [-0.15, -0.1) is 0 Å². The number of carboxylic acid groups (broad SMARTS) is 1. The summed E-state index contributed by atoms with van der Waals surface area (Å²) in [5, 5.41) is 8.94. The van der Waals surface area contributed by atoms with E-state index < -0.39 is 5.97 Å². The Labute approximate surface area is 115 Å². The topological polar surface area (TPSA) is 49.8 Å². The van der Waals surface area contributed by atoms with Gasteiger partial charge in [0, 0.05) is 24.7 Å². The number of benzene rings is 1. The van der Waals surface area contributed by atoms with Crippen molar-refractivity contribution in [3.8, 4) is 0 Å². The molecule has 1 aromatic rings. The maximum absolute atomic E-state index is 10.9. The number of nitrogens with zero attached hydrogens (tertiary/aromatic N) is 1. The molecule has 2 rings (SSSR count). The minimum atomic E-state index is -0.907. The molecular formula is C13H16BrNO3. The van der Waals surface area contributed by atoms with Gasteiger partial charge in [0.05, 0.1) is 17.4 Å². The number of carbonyl (C=O) groups is 1. The summed E-state index contributed by atoms with van der Waals surface area (Å²) >= 11 is 3.45. The molecule has 18 heavy (non-hydrogen) atoms. The zero-order chi connectivity index (χ0) is 13.1. The fourth-order valence-corrected chi connectivity index (χ4v) is 2.88. The van der Waals surface area contributed by atoms with Crippen molar-refractivity contribution in [3.05, 3.63) is 28.2 Å². The molecule has 0 aromatic heterocycles. The van der Waals surface area contributed by atoms with E-state index in [4.69, 9.17) is 9.84 Å². The molecule has 1 atom stereocenters. The molecule has 0 amide bonds. The monoisotopic (exact) mass is 313 g/mol. The third-order valence-corrected chi connectivity index (χ3v) is 3.88. The van der Waals surface area contributed by atoms with Crippen molar-refractivity contribution in [2.45, 2.75) is 18.9 Å². The first-order chi connectivity index (χ1) is 8.61. The molecule has 1 N–H and O–H groups in total. The zero-order valence-electron chi connectivity index (χ0n) is 10.2. The van der Waals surface area contributed by atoms with E-state index in [-0.39, 0.29) is 6.10 Å². The van der Waals surface area contributed by atoms with Gasteiger partial charge in [-0.2, -0.15) is 0 Å². The molecule has 1 heterocycles. The predicted octanol–water partition coefficient (Wildman–Crippen LogP) is 2.76. The first-order valence-electron chi connectivity index (χ1n) is 5.92. The molecule has 1 saturated heterocycles. The number of ether oxygens (including phenoxy) is 1. The number of carboxylic acids is 1. The Morgan fingerprint density at radius 2 is 2.33 bits per heavy atom. The molecule has 1 unspecified atom stereocenters. The Morgan fingerprint density at radius 3 is 2.94 bits per heavy atom. The fraction of sp³-hybridized carbons (Fsp3) is 0.462. The lowest BCUT2D eigenvalue weighted by Crippen LogP contribution is -2.39. The highest BCUT2D eigenvalue weighted by atomic mass is 79.9. The first-order valence-corrected chi connectivity index (χ1v) is 6.71. The second-order valence-corrected chi connectivity index (χ2v) is 5.27. The second-order valence-electron chi connectivity index (χ2n) is 4.42. The van der Waals surface area contributed by atoms with E-state index in [1.165, 1.54) is 0 Å². The molecule has 0 spiro atoms. The van der Waals surface area contributed by atoms with Crippen LogP contribution in [0.1, 0.15) is 23.2 Å². The fourth-order valence-electron chi connectivity index (χ4n) is 2.25. The SMILES string of the molecule is COC1CCCN(c2ccc(C(=O)O)cc2Br)C1. The van der Waals surface area contributed by atoms with Crippen LogP contribution in [0.4, 0.5) is 5.69 Å². The Balaban J connectivity index is 2.20. The largest absolute Gasteiger partial charge is 0.478 e. The average Bonchev–Trinajstić information content (AvgIpc) is 2.38. The summed E-state index contributed by atoms with van der Waals surface area (Å²) in [6.45, 7) is 1.83. The maximum atomic E-state index is 10.9. The summed E-state index contributed by atoms with van der Waals surface area (Å²) in [6.07, 6.45) is 2.42. The van der Waals surface area contributed by atoms with Gasteiger partial charge in [0.15, 0.2) is 0 Å². The van der Waals surface area contributed by atoms with Crippen LogP contribution in [-0.2, 0) is 4.74 Å². The van der Waals surface area contributed by atoms with Crippen LogP contribution >= 0.6 is 15.9 Å². The lowest BCUT2D eigenvalue weighted by Gasteiger charge is -2.34. The van der Waals surface area contributed by atoms with E-state index >= 15 is 0 Å². The van der Waals surface area contributed by atoms with Gasteiger partial charge in [0.1, 0.15) is 0 Å². The predicted molar refractivity (Wildman–Crippen MR) is 73.3 cm³/mol. The Bertz CT molecular complexity index is 450. The van der Waals surface area contributed by atoms with E-state index in [9.17, 15) is 4.79 Å². The number of anilines is 1. The molecule has 0 radical (unpaired) electrons. The highest BCUT2D eigenvalue weighted by molar-refractivity contribution is 9.10. The second kappa shape index (κ2) is 5.71. The Kier molecular flexibility index (Phi) is 4.24. The average molecular weight is 314 g/mol. The van der Waals surface area contributed by atoms with Crippen LogP contribution in [0.5, 0.6) is 0 Å². The summed E-state index contributed by atoms with van der Waals surface area (Å²) in [6, 6.07) is 5.14. The van der Waals surface area contributed by atoms with E-state index in [0.29, 0.717) is 5.56 Å². The lowest BCUT2D eigenvalue weighted by molar-refractivity contribution is 0.0696. The van der Waals surface area contributed by atoms with Crippen LogP contribution in [0.3, 0.4) is 0 Å². The maximum Gasteiger partial charge on any atom is 0.335 e. The smallest absolute Gasteiger partial charge is 0.335 e. The first kappa shape index (κ1) is 13.4. The van der Waals surface area contributed by atoms with Gasteiger partial charge in [-0.25, -0.2) is 4.79 Å². The van der Waals surface area contributed by atoms with Crippen LogP contribution in [0, 0.1) is 0 Å². The van der Waals surface area contributed by atoms with Gasteiger partial charge in [0.2, 0.25) is 0 Å². The summed E-state index contributed by atoms with van der Waals surface area (Å²) in [4.78, 5) is 13.1. The molecule has 5 heteroatoms. The van der Waals surface area contributed by atoms with Crippen molar-refractivity contribution in [1.29, 1.82) is 0 Å². The van der Waals surface area contributed by atoms with Gasteiger partial charge >= 0.3 is 5.97 Å². The number of halogens is 1. The number of rotatable bonds is 3. The normalized spacial score (nSPS) is 19.9. The lowest BCUT2D eigenvalue weighted by atomic mass is 10.1. The highest BCUT2D eigenvalue weighted by Crippen LogP contribution is 2.30. The number of methoxy groups -OCH3 is 1. The van der Waals surface area contributed by atoms with Gasteiger partial charge in [0.25, 0.3) is 0 Å². The number of hydrogen-bond donors (Lipinski definition) is 1. The van der Waals surface area contributed by atoms with Crippen LogP contribution in [0.25, 0.3) is 0 Å². The molecule has 98 valence electrons. The zero-order valence-corrected chi connectivity index (χ0v) is 11.8. The van der Waals surface area contributed by atoms with Gasteiger partial charge < -0.3 is 14.7 Å². The van der Waals surface area contributed by atoms with Crippen molar-refractivity contribution < 1.29 is 14.6 Å². The van der Waals surface area contributed by atoms with E-state index in [0.717, 1.165) is 36.1 Å². The summed E-state index contributed by atoms with van der Waals surface area (Å²) in [5.74, 6) is -0.907. The minimum Gasteiger partial charge on any atom is -0.478 e. The Hall–Kier alpha value is -1.07. The van der Waals surface area contributed by atoms with Crippen LogP contribution in [0.2, 0.25) is 0 Å². The van der Waals surface area contributed by atoms with E-state index in [2.05, 4.69) is 20.8 Å². The standard InChI is InChI=1S/C13H16BrNO3/c1-18-10-3-2-6-15(8-10)12-5-4-9(13(16)17)7-11(12)14/h4-5,7,10H,2-3,6,8H2,1H3,(H,16,17). The van der Waals surface area contributed by atoms with Crippen molar-refractivity contribution in [3.63, 3.8) is 0 Å². The van der Waals surface area contributed by atoms with E-state index in [1.807, 2.05) is 6.07 Å². The molecule has 0 saturated carbocycles. The molecular weight excluding hydrogens is 298 g/mol. The van der Waals surface area contributed by atoms with Gasteiger partial charge in [-0.05, 0) is 47.0 Å².